The van der Waals surface area contributed by atoms with Crippen LogP contribution in [0.5, 0.6) is 0 Å². The van der Waals surface area contributed by atoms with Crippen LogP contribution in [0, 0.1) is 20.8 Å². The number of carbonyl (C=O) groups excluding carboxylic acids is 1. The van der Waals surface area contributed by atoms with Gasteiger partial charge in [0.15, 0.2) is 0 Å². The molecule has 0 aliphatic rings. The molecule has 0 saturated carbocycles. The van der Waals surface area contributed by atoms with Crippen LogP contribution in [-0.4, -0.2) is 12.7 Å². The number of rotatable bonds is 4. The predicted octanol–water partition coefficient (Wildman–Crippen LogP) is 3.96. The summed E-state index contributed by atoms with van der Waals surface area (Å²) in [6.45, 7) is 8.56. The quantitative estimate of drug-likeness (QED) is 0.802. The van der Waals surface area contributed by atoms with Gasteiger partial charge < -0.3 is 4.74 Å². The van der Waals surface area contributed by atoms with Gasteiger partial charge in [0.1, 0.15) is 0 Å². The zero-order chi connectivity index (χ0) is 12.8. The van der Waals surface area contributed by atoms with Crippen LogP contribution in [0.4, 0.5) is 10.5 Å². The second kappa shape index (κ2) is 6.28. The van der Waals surface area contributed by atoms with Crippen LogP contribution in [0.15, 0.2) is 12.1 Å². The molecule has 1 aromatic carbocycles. The maximum Gasteiger partial charge on any atom is 0.411 e. The molecule has 17 heavy (non-hydrogen) atoms. The molecule has 1 N–H and O–H groups in total. The summed E-state index contributed by atoms with van der Waals surface area (Å²) < 4.78 is 5.08. The summed E-state index contributed by atoms with van der Waals surface area (Å²) in [5.41, 5.74) is 4.19. The monoisotopic (exact) mass is 235 g/mol. The van der Waals surface area contributed by atoms with Crippen molar-refractivity contribution in [2.75, 3.05) is 11.9 Å². The third-order valence-corrected chi connectivity index (χ3v) is 2.64. The first kappa shape index (κ1) is 13.6. The third-order valence-electron chi connectivity index (χ3n) is 2.64. The minimum Gasteiger partial charge on any atom is -0.449 e. The number of nitrogens with one attached hydrogen (secondary N) is 1. The molecule has 0 aliphatic carbocycles. The number of hydrogen-bond acceptors (Lipinski definition) is 2. The summed E-state index contributed by atoms with van der Waals surface area (Å²) in [4.78, 5) is 11.5. The Morgan fingerprint density at radius 2 is 1.82 bits per heavy atom. The lowest BCUT2D eigenvalue weighted by atomic mass is 10.1. The molecule has 1 aromatic rings. The minimum atomic E-state index is -0.367. The van der Waals surface area contributed by atoms with Crippen molar-refractivity contribution in [3.05, 3.63) is 28.8 Å². The molecule has 1 amide bonds. The summed E-state index contributed by atoms with van der Waals surface area (Å²) in [6.07, 6.45) is 1.56. The highest BCUT2D eigenvalue weighted by atomic mass is 16.5. The average molecular weight is 235 g/mol. The molecule has 0 fully saturated rings. The Morgan fingerprint density at radius 1 is 1.24 bits per heavy atom. The average Bonchev–Trinajstić information content (AvgIpc) is 2.24. The van der Waals surface area contributed by atoms with E-state index < -0.39 is 0 Å². The Bertz CT molecular complexity index is 376. The molecule has 0 atom stereocenters. The zero-order valence-electron chi connectivity index (χ0n) is 11.1. The number of carbonyl (C=O) groups is 1. The van der Waals surface area contributed by atoms with E-state index in [9.17, 15) is 4.79 Å². The first-order valence-corrected chi connectivity index (χ1v) is 6.06. The fourth-order valence-electron chi connectivity index (χ4n) is 1.82. The van der Waals surface area contributed by atoms with E-state index in [4.69, 9.17) is 4.74 Å². The van der Waals surface area contributed by atoms with E-state index in [0.29, 0.717) is 6.61 Å². The SMILES string of the molecule is CCCCOC(=O)Nc1c(C)cc(C)cc1C. The van der Waals surface area contributed by atoms with Gasteiger partial charge in [0, 0.05) is 5.69 Å². The van der Waals surface area contributed by atoms with E-state index >= 15 is 0 Å². The summed E-state index contributed by atoms with van der Waals surface area (Å²) in [5, 5.41) is 2.80. The highest BCUT2D eigenvalue weighted by molar-refractivity contribution is 5.86. The Labute approximate surface area is 103 Å². The van der Waals surface area contributed by atoms with E-state index in [0.717, 1.165) is 29.7 Å². The van der Waals surface area contributed by atoms with Crippen molar-refractivity contribution in [1.82, 2.24) is 0 Å². The molecular weight excluding hydrogens is 214 g/mol. The summed E-state index contributed by atoms with van der Waals surface area (Å²) in [6, 6.07) is 4.10. The van der Waals surface area contributed by atoms with Crippen molar-refractivity contribution in [3.8, 4) is 0 Å². The second-order valence-corrected chi connectivity index (χ2v) is 4.39. The molecule has 0 heterocycles. The van der Waals surface area contributed by atoms with Crippen molar-refractivity contribution in [2.45, 2.75) is 40.5 Å². The van der Waals surface area contributed by atoms with Crippen molar-refractivity contribution in [1.29, 1.82) is 0 Å². The van der Waals surface area contributed by atoms with Gasteiger partial charge in [-0.1, -0.05) is 31.0 Å². The van der Waals surface area contributed by atoms with E-state index in [1.165, 1.54) is 5.56 Å². The third kappa shape index (κ3) is 4.10. The Kier molecular flexibility index (Phi) is 5.01. The number of anilines is 1. The molecule has 0 spiro atoms. The molecule has 0 aromatic heterocycles. The van der Waals surface area contributed by atoms with Crippen molar-refractivity contribution >= 4 is 11.8 Å². The largest absolute Gasteiger partial charge is 0.449 e. The van der Waals surface area contributed by atoms with E-state index in [1.54, 1.807) is 0 Å². The van der Waals surface area contributed by atoms with Crippen LogP contribution < -0.4 is 5.32 Å². The van der Waals surface area contributed by atoms with Crippen molar-refractivity contribution in [3.63, 3.8) is 0 Å². The Balaban J connectivity index is 2.65. The molecule has 1 rings (SSSR count). The summed E-state index contributed by atoms with van der Waals surface area (Å²) in [5.74, 6) is 0. The molecule has 0 bridgehead atoms. The fraction of sp³-hybridized carbons (Fsp3) is 0.500. The number of ether oxygens (including phenoxy) is 1. The Hall–Kier alpha value is -1.51. The lowest BCUT2D eigenvalue weighted by molar-refractivity contribution is 0.160. The number of amides is 1. The normalized spacial score (nSPS) is 10.1. The molecule has 0 saturated heterocycles. The van der Waals surface area contributed by atoms with Crippen LogP contribution in [-0.2, 0) is 4.74 Å². The topological polar surface area (TPSA) is 38.3 Å². The highest BCUT2D eigenvalue weighted by Crippen LogP contribution is 2.21. The molecule has 0 aliphatic heterocycles. The van der Waals surface area contributed by atoms with Crippen LogP contribution in [0.2, 0.25) is 0 Å². The van der Waals surface area contributed by atoms with Gasteiger partial charge in [-0.2, -0.15) is 0 Å². The van der Waals surface area contributed by atoms with Crippen molar-refractivity contribution < 1.29 is 9.53 Å². The molecule has 0 unspecified atom stereocenters. The van der Waals surface area contributed by atoms with E-state index in [-0.39, 0.29) is 6.09 Å². The first-order chi connectivity index (χ1) is 8.04. The Morgan fingerprint density at radius 3 is 2.35 bits per heavy atom. The van der Waals surface area contributed by atoms with E-state index in [2.05, 4.69) is 24.4 Å². The van der Waals surface area contributed by atoms with Gasteiger partial charge in [-0.25, -0.2) is 4.79 Å². The fourth-order valence-corrected chi connectivity index (χ4v) is 1.82. The van der Waals surface area contributed by atoms with Crippen LogP contribution in [0.25, 0.3) is 0 Å². The van der Waals surface area contributed by atoms with Gasteiger partial charge in [-0.05, 0) is 38.3 Å². The molecule has 0 radical (unpaired) electrons. The number of benzene rings is 1. The lowest BCUT2D eigenvalue weighted by Crippen LogP contribution is -2.16. The van der Waals surface area contributed by atoms with Crippen LogP contribution in [0.3, 0.4) is 0 Å². The molecule has 3 nitrogen and oxygen atoms in total. The predicted molar refractivity (Wildman–Crippen MR) is 70.5 cm³/mol. The summed E-state index contributed by atoms with van der Waals surface area (Å²) >= 11 is 0. The van der Waals surface area contributed by atoms with Crippen molar-refractivity contribution in [2.24, 2.45) is 0 Å². The molecular formula is C14H21NO2. The first-order valence-electron chi connectivity index (χ1n) is 6.06. The van der Waals surface area contributed by atoms with Gasteiger partial charge in [0.25, 0.3) is 0 Å². The smallest absolute Gasteiger partial charge is 0.411 e. The maximum atomic E-state index is 11.5. The zero-order valence-corrected chi connectivity index (χ0v) is 11.1. The molecule has 94 valence electrons. The molecule has 3 heteroatoms. The van der Waals surface area contributed by atoms with Crippen LogP contribution in [0.1, 0.15) is 36.5 Å². The maximum absolute atomic E-state index is 11.5. The lowest BCUT2D eigenvalue weighted by Gasteiger charge is -2.12. The second-order valence-electron chi connectivity index (χ2n) is 4.39. The highest BCUT2D eigenvalue weighted by Gasteiger charge is 2.08. The number of unbranched alkanes of at least 4 members (excludes halogenated alkanes) is 1. The summed E-state index contributed by atoms with van der Waals surface area (Å²) in [7, 11) is 0. The van der Waals surface area contributed by atoms with E-state index in [1.807, 2.05) is 20.8 Å². The van der Waals surface area contributed by atoms with Gasteiger partial charge in [-0.3, -0.25) is 5.32 Å². The number of aryl methyl sites for hydroxylation is 3. The van der Waals surface area contributed by atoms with Gasteiger partial charge in [0.2, 0.25) is 0 Å². The minimum absolute atomic E-state index is 0.367. The standard InChI is InChI=1S/C14H21NO2/c1-5-6-7-17-14(16)15-13-11(3)8-10(2)9-12(13)4/h8-9H,5-7H2,1-4H3,(H,15,16). The van der Waals surface area contributed by atoms with Gasteiger partial charge in [0.05, 0.1) is 6.61 Å². The van der Waals surface area contributed by atoms with Crippen LogP contribution >= 0.6 is 0 Å². The van der Waals surface area contributed by atoms with Gasteiger partial charge >= 0.3 is 6.09 Å². The van der Waals surface area contributed by atoms with Gasteiger partial charge in [-0.15, -0.1) is 0 Å². The number of hydrogen-bond donors (Lipinski definition) is 1.